The van der Waals surface area contributed by atoms with E-state index in [2.05, 4.69) is 5.16 Å². The molecule has 0 fully saturated rings. The maximum absolute atomic E-state index is 10.4. The average molecular weight is 410 g/mol. The first-order valence-electron chi connectivity index (χ1n) is 8.77. The summed E-state index contributed by atoms with van der Waals surface area (Å²) in [6.07, 6.45) is -5.41. The monoisotopic (exact) mass is 409 g/mol. The van der Waals surface area contributed by atoms with Crippen molar-refractivity contribution in [2.75, 3.05) is 6.61 Å². The lowest BCUT2D eigenvalue weighted by atomic mass is 9.95. The fourth-order valence-electron chi connectivity index (χ4n) is 2.75. The molecule has 7 nitrogen and oxygen atoms in total. The number of aliphatic hydroxyl groups is 4. The van der Waals surface area contributed by atoms with Gasteiger partial charge in [0.15, 0.2) is 0 Å². The van der Waals surface area contributed by atoms with Crippen LogP contribution in [-0.4, -0.2) is 56.8 Å². The maximum atomic E-state index is 10.4. The van der Waals surface area contributed by atoms with Gasteiger partial charge in [-0.15, -0.1) is 0 Å². The highest BCUT2D eigenvalue weighted by atomic mass is 35.5. The molecule has 0 radical (unpaired) electrons. The highest BCUT2D eigenvalue weighted by Gasteiger charge is 2.31. The van der Waals surface area contributed by atoms with Gasteiger partial charge in [-0.05, 0) is 48.2 Å². The summed E-state index contributed by atoms with van der Waals surface area (Å²) in [4.78, 5) is 0. The van der Waals surface area contributed by atoms with Crippen LogP contribution < -0.4 is 4.74 Å². The molecule has 0 bridgehead atoms. The van der Waals surface area contributed by atoms with Crippen molar-refractivity contribution in [2.24, 2.45) is 5.16 Å². The number of nitrogens with zero attached hydrogens (tertiary/aromatic N) is 1. The standard InChI is InChI=1S/C20H24ClNO6/c1-2-28-15-6-3-12(4-7-15)9-14-10-13(5-8-16(14)21)18(24)20(26)19(25)17(23)11-22-27/h3-8,10-11,17-20,23-27H,2,9H2,1H3/t17-,18-,19+,20-/m0/s1. The molecule has 2 rings (SSSR count). The average Bonchev–Trinajstić information content (AvgIpc) is 2.69. The molecular formula is C20H24ClNO6. The zero-order valence-electron chi connectivity index (χ0n) is 15.3. The molecule has 0 aromatic heterocycles. The molecule has 0 unspecified atom stereocenters. The van der Waals surface area contributed by atoms with E-state index in [1.807, 2.05) is 31.2 Å². The van der Waals surface area contributed by atoms with Crippen molar-refractivity contribution in [3.05, 3.63) is 64.2 Å². The Labute approximate surface area is 168 Å². The third kappa shape index (κ3) is 5.67. The van der Waals surface area contributed by atoms with Crippen LogP contribution >= 0.6 is 11.6 Å². The molecule has 0 spiro atoms. The topological polar surface area (TPSA) is 123 Å². The lowest BCUT2D eigenvalue weighted by Gasteiger charge is -2.25. The number of ether oxygens (including phenoxy) is 1. The SMILES string of the molecule is CCOc1ccc(Cc2cc([C@H](O)[C@H](O)[C@H](O)[C@@H](O)C=NO)ccc2Cl)cc1. The van der Waals surface area contributed by atoms with Crippen molar-refractivity contribution in [3.63, 3.8) is 0 Å². The highest BCUT2D eigenvalue weighted by molar-refractivity contribution is 6.31. The van der Waals surface area contributed by atoms with E-state index in [4.69, 9.17) is 21.5 Å². The van der Waals surface area contributed by atoms with Gasteiger partial charge < -0.3 is 30.4 Å². The van der Waals surface area contributed by atoms with Crippen LogP contribution in [0.2, 0.25) is 5.02 Å². The molecule has 5 N–H and O–H groups in total. The molecule has 152 valence electrons. The van der Waals surface area contributed by atoms with Gasteiger partial charge in [0.05, 0.1) is 12.8 Å². The maximum Gasteiger partial charge on any atom is 0.121 e. The number of hydrogen-bond acceptors (Lipinski definition) is 7. The summed E-state index contributed by atoms with van der Waals surface area (Å²) in [5, 5.41) is 51.4. The Morgan fingerprint density at radius 2 is 1.71 bits per heavy atom. The summed E-state index contributed by atoms with van der Waals surface area (Å²) >= 11 is 6.26. The summed E-state index contributed by atoms with van der Waals surface area (Å²) in [6, 6.07) is 12.3. The third-order valence-electron chi connectivity index (χ3n) is 4.28. The van der Waals surface area contributed by atoms with Crippen molar-refractivity contribution in [2.45, 2.75) is 37.8 Å². The number of benzene rings is 2. The van der Waals surface area contributed by atoms with Crippen LogP contribution in [0.4, 0.5) is 0 Å². The molecule has 0 saturated carbocycles. The van der Waals surface area contributed by atoms with E-state index in [0.29, 0.717) is 29.8 Å². The third-order valence-corrected chi connectivity index (χ3v) is 4.65. The van der Waals surface area contributed by atoms with Crippen molar-refractivity contribution >= 4 is 17.8 Å². The molecule has 0 aliphatic rings. The van der Waals surface area contributed by atoms with Gasteiger partial charge in [0.2, 0.25) is 0 Å². The van der Waals surface area contributed by atoms with Crippen LogP contribution in [0.15, 0.2) is 47.6 Å². The molecule has 0 heterocycles. The molecule has 8 heteroatoms. The summed E-state index contributed by atoms with van der Waals surface area (Å²) < 4.78 is 5.41. The largest absolute Gasteiger partial charge is 0.494 e. The molecule has 4 atom stereocenters. The normalized spacial score (nSPS) is 15.9. The Balaban J connectivity index is 2.17. The molecule has 28 heavy (non-hydrogen) atoms. The van der Waals surface area contributed by atoms with Crippen molar-refractivity contribution in [1.29, 1.82) is 0 Å². The quantitative estimate of drug-likeness (QED) is 0.245. The lowest BCUT2D eigenvalue weighted by Crippen LogP contribution is -2.41. The first-order chi connectivity index (χ1) is 13.4. The van der Waals surface area contributed by atoms with Crippen LogP contribution in [0.5, 0.6) is 5.75 Å². The minimum atomic E-state index is -1.74. The molecule has 0 aliphatic carbocycles. The van der Waals surface area contributed by atoms with Gasteiger partial charge in [-0.2, -0.15) is 0 Å². The number of rotatable bonds is 9. The first-order valence-corrected chi connectivity index (χ1v) is 9.15. The van der Waals surface area contributed by atoms with Gasteiger partial charge in [-0.1, -0.05) is 41.0 Å². The smallest absolute Gasteiger partial charge is 0.121 e. The predicted molar refractivity (Wildman–Crippen MR) is 105 cm³/mol. The van der Waals surface area contributed by atoms with E-state index in [1.54, 1.807) is 12.1 Å². The van der Waals surface area contributed by atoms with E-state index in [0.717, 1.165) is 16.9 Å². The summed E-state index contributed by atoms with van der Waals surface area (Å²) in [5.74, 6) is 0.767. The minimum absolute atomic E-state index is 0.324. The van der Waals surface area contributed by atoms with Gasteiger partial charge in [0.1, 0.15) is 30.2 Å². The van der Waals surface area contributed by atoms with E-state index >= 15 is 0 Å². The van der Waals surface area contributed by atoms with Gasteiger partial charge in [0.25, 0.3) is 0 Å². The van der Waals surface area contributed by atoms with E-state index in [9.17, 15) is 20.4 Å². The van der Waals surface area contributed by atoms with Gasteiger partial charge in [-0.25, -0.2) is 0 Å². The Bertz CT molecular complexity index is 783. The highest BCUT2D eigenvalue weighted by Crippen LogP contribution is 2.27. The Morgan fingerprint density at radius 1 is 1.04 bits per heavy atom. The molecule has 2 aromatic carbocycles. The molecular weight excluding hydrogens is 386 g/mol. The second-order valence-electron chi connectivity index (χ2n) is 6.29. The zero-order chi connectivity index (χ0) is 20.7. The zero-order valence-corrected chi connectivity index (χ0v) is 16.1. The number of halogens is 1. The van der Waals surface area contributed by atoms with Crippen molar-refractivity contribution in [1.82, 2.24) is 0 Å². The minimum Gasteiger partial charge on any atom is -0.494 e. The number of hydrogen-bond donors (Lipinski definition) is 5. The molecule has 0 saturated heterocycles. The molecule has 0 amide bonds. The predicted octanol–water partition coefficient (Wildman–Crippen LogP) is 1.91. The van der Waals surface area contributed by atoms with E-state index < -0.39 is 24.4 Å². The second kappa shape index (κ2) is 10.4. The Kier molecular flexibility index (Phi) is 8.22. The van der Waals surface area contributed by atoms with Crippen LogP contribution in [0, 0.1) is 0 Å². The summed E-state index contributed by atoms with van der Waals surface area (Å²) in [6.45, 7) is 2.49. The Hall–Kier alpha value is -2.16. The van der Waals surface area contributed by atoms with Crippen LogP contribution in [0.1, 0.15) is 29.7 Å². The summed E-state index contributed by atoms with van der Waals surface area (Å²) in [7, 11) is 0. The van der Waals surface area contributed by atoms with Gasteiger partial charge in [0, 0.05) is 5.02 Å². The van der Waals surface area contributed by atoms with E-state index in [-0.39, 0.29) is 0 Å². The van der Waals surface area contributed by atoms with Crippen molar-refractivity contribution < 1.29 is 30.4 Å². The summed E-state index contributed by atoms with van der Waals surface area (Å²) in [5.41, 5.74) is 2.03. The first kappa shape index (κ1) is 22.1. The van der Waals surface area contributed by atoms with Gasteiger partial charge >= 0.3 is 0 Å². The van der Waals surface area contributed by atoms with Crippen LogP contribution in [-0.2, 0) is 6.42 Å². The van der Waals surface area contributed by atoms with Crippen LogP contribution in [0.3, 0.4) is 0 Å². The molecule has 0 aliphatic heterocycles. The van der Waals surface area contributed by atoms with E-state index in [1.165, 1.54) is 6.07 Å². The van der Waals surface area contributed by atoms with Crippen LogP contribution in [0.25, 0.3) is 0 Å². The lowest BCUT2D eigenvalue weighted by molar-refractivity contribution is -0.0895. The fourth-order valence-corrected chi connectivity index (χ4v) is 2.93. The number of aliphatic hydroxyl groups excluding tert-OH is 4. The van der Waals surface area contributed by atoms with Gasteiger partial charge in [-0.3, -0.25) is 0 Å². The number of oxime groups is 1. The Morgan fingerprint density at radius 3 is 2.32 bits per heavy atom. The molecule has 2 aromatic rings. The second-order valence-corrected chi connectivity index (χ2v) is 6.69. The van der Waals surface area contributed by atoms with Crippen molar-refractivity contribution in [3.8, 4) is 5.75 Å². The fraction of sp³-hybridized carbons (Fsp3) is 0.350.